The van der Waals surface area contributed by atoms with Gasteiger partial charge in [0.2, 0.25) is 0 Å². The summed E-state index contributed by atoms with van der Waals surface area (Å²) in [5.41, 5.74) is 5.83. The number of ether oxygens (including phenoxy) is 1. The molecular weight excluding hydrogens is 320 g/mol. The molecule has 2 heterocycles. The number of likely N-dealkylation sites (tertiary alicyclic amines) is 1. The van der Waals surface area contributed by atoms with Crippen molar-refractivity contribution >= 4 is 17.2 Å². The Morgan fingerprint density at radius 2 is 1.92 bits per heavy atom. The molecule has 1 aromatic heterocycles. The van der Waals surface area contributed by atoms with Gasteiger partial charge in [0.1, 0.15) is 5.60 Å². The molecule has 0 aromatic carbocycles. The Hall–Kier alpha value is -0.910. The van der Waals surface area contributed by atoms with Crippen LogP contribution in [0.1, 0.15) is 53.1 Å². The molecule has 0 spiro atoms. The number of rotatable bonds is 4. The Kier molecular flexibility index (Phi) is 3.23. The summed E-state index contributed by atoms with van der Waals surface area (Å²) in [5, 5.41) is 0. The average Bonchev–Trinajstić information content (AvgIpc) is 2.93. The zero-order valence-electron chi connectivity index (χ0n) is 14.3. The van der Waals surface area contributed by atoms with Crippen molar-refractivity contribution in [1.82, 2.24) is 4.90 Å². The topological polar surface area (TPSA) is 55.6 Å². The lowest BCUT2D eigenvalue weighted by Crippen LogP contribution is -2.73. The fourth-order valence-corrected chi connectivity index (χ4v) is 7.34. The summed E-state index contributed by atoms with van der Waals surface area (Å²) >= 11 is 1.55. The van der Waals surface area contributed by atoms with E-state index in [1.54, 1.807) is 11.3 Å². The first-order valence-electron chi connectivity index (χ1n) is 9.28. The third-order valence-electron chi connectivity index (χ3n) is 7.45. The van der Waals surface area contributed by atoms with Crippen LogP contribution in [0.5, 0.6) is 0 Å². The smallest absolute Gasteiger partial charge is 0.258 e. The average molecular weight is 346 g/mol. The Morgan fingerprint density at radius 1 is 1.25 bits per heavy atom. The number of hydrogen-bond acceptors (Lipinski definition) is 4. The van der Waals surface area contributed by atoms with Crippen molar-refractivity contribution in [3.05, 3.63) is 21.9 Å². The number of methoxy groups -OCH3 is 1. The van der Waals surface area contributed by atoms with E-state index in [4.69, 9.17) is 10.5 Å². The van der Waals surface area contributed by atoms with Crippen LogP contribution >= 0.6 is 11.3 Å². The molecule has 5 aliphatic rings. The van der Waals surface area contributed by atoms with E-state index in [9.17, 15) is 4.79 Å². The van der Waals surface area contributed by atoms with Crippen molar-refractivity contribution in [1.29, 1.82) is 0 Å². The van der Waals surface area contributed by atoms with Crippen LogP contribution in [0.3, 0.4) is 0 Å². The molecule has 5 fully saturated rings. The van der Waals surface area contributed by atoms with Crippen LogP contribution < -0.4 is 5.73 Å². The summed E-state index contributed by atoms with van der Waals surface area (Å²) in [5.74, 6) is 1.76. The van der Waals surface area contributed by atoms with Gasteiger partial charge in [-0.05, 0) is 50.2 Å². The molecule has 1 aliphatic heterocycles. The highest BCUT2D eigenvalue weighted by atomic mass is 32.1. The number of primary amides is 1. The molecule has 1 amide bonds. The highest BCUT2D eigenvalue weighted by Gasteiger charge is 2.64. The lowest BCUT2D eigenvalue weighted by atomic mass is 9.48. The molecule has 4 saturated carbocycles. The van der Waals surface area contributed by atoms with E-state index in [-0.39, 0.29) is 11.5 Å². The molecular formula is C19H26N2O2S. The van der Waals surface area contributed by atoms with E-state index in [1.165, 1.54) is 43.4 Å². The second-order valence-corrected chi connectivity index (χ2v) is 9.54. The van der Waals surface area contributed by atoms with Gasteiger partial charge < -0.3 is 10.5 Å². The first kappa shape index (κ1) is 15.4. The van der Waals surface area contributed by atoms with E-state index < -0.39 is 0 Å². The normalized spacial score (nSPS) is 43.8. The Morgan fingerprint density at radius 3 is 2.38 bits per heavy atom. The minimum absolute atomic E-state index is 0.212. The van der Waals surface area contributed by atoms with Crippen LogP contribution in [-0.2, 0) is 10.3 Å². The van der Waals surface area contributed by atoms with Crippen LogP contribution in [0, 0.1) is 17.8 Å². The molecule has 6 rings (SSSR count). The second kappa shape index (κ2) is 5.05. The minimum atomic E-state index is -0.325. The summed E-state index contributed by atoms with van der Waals surface area (Å²) in [6.07, 6.45) is 8.04. The van der Waals surface area contributed by atoms with Crippen LogP contribution in [-0.4, -0.2) is 36.5 Å². The summed E-state index contributed by atoms with van der Waals surface area (Å²) in [6, 6.07) is 3.97. The number of thiophene rings is 1. The number of carbonyl (C=O) groups excluding carboxylic acids is 1. The fourth-order valence-electron chi connectivity index (χ4n) is 6.16. The van der Waals surface area contributed by atoms with Crippen LogP contribution in [0.25, 0.3) is 0 Å². The summed E-state index contributed by atoms with van der Waals surface area (Å²) < 4.78 is 6.28. The Bertz CT molecular complexity index is 654. The third-order valence-corrected chi connectivity index (χ3v) is 8.68. The number of hydrogen-bond donors (Lipinski definition) is 1. The Balaban J connectivity index is 1.49. The van der Waals surface area contributed by atoms with Crippen molar-refractivity contribution < 1.29 is 9.53 Å². The predicted molar refractivity (Wildman–Crippen MR) is 94.0 cm³/mol. The maximum Gasteiger partial charge on any atom is 0.258 e. The van der Waals surface area contributed by atoms with Crippen molar-refractivity contribution in [2.24, 2.45) is 23.5 Å². The number of piperidine rings is 1. The molecule has 130 valence electrons. The first-order valence-corrected chi connectivity index (χ1v) is 10.1. The Labute approximate surface area is 147 Å². The summed E-state index contributed by atoms with van der Waals surface area (Å²) in [4.78, 5) is 16.2. The van der Waals surface area contributed by atoms with Gasteiger partial charge in [0.15, 0.2) is 0 Å². The highest BCUT2D eigenvalue weighted by molar-refractivity contribution is 7.14. The zero-order valence-corrected chi connectivity index (χ0v) is 15.1. The SMILES string of the molecule is CO[C@]1(c2ccc(C(N)=O)s2)[C@@H]2CCC[C@H]1CN(C13CC(C1)C3)C2. The standard InChI is InChI=1S/C19H26N2O2S/c1-23-19(16-6-5-15(24-16)17(20)22)13-3-2-4-14(19)11-21(10-13)18-7-12(8-18)9-18/h5-6,12-14H,2-4,7-11H2,1H3,(H2,20,22)/t12?,13-,14+,18?,19-. The maximum absolute atomic E-state index is 11.6. The largest absolute Gasteiger partial charge is 0.372 e. The first-order chi connectivity index (χ1) is 11.6. The molecule has 4 bridgehead atoms. The van der Waals surface area contributed by atoms with Gasteiger partial charge in [-0.2, -0.15) is 0 Å². The van der Waals surface area contributed by atoms with Crippen LogP contribution in [0.15, 0.2) is 12.1 Å². The number of nitrogens with two attached hydrogens (primary N) is 1. The molecule has 4 nitrogen and oxygen atoms in total. The number of fused-ring (bicyclic) bond motifs is 2. The van der Waals surface area contributed by atoms with Crippen molar-refractivity contribution in [2.75, 3.05) is 20.2 Å². The number of carbonyl (C=O) groups is 1. The monoisotopic (exact) mass is 346 g/mol. The van der Waals surface area contributed by atoms with Crippen molar-refractivity contribution in [2.45, 2.75) is 49.7 Å². The van der Waals surface area contributed by atoms with Crippen LogP contribution in [0.2, 0.25) is 0 Å². The lowest BCUT2D eigenvalue weighted by Gasteiger charge is -2.70. The zero-order chi connectivity index (χ0) is 16.5. The van der Waals surface area contributed by atoms with Gasteiger partial charge in [-0.15, -0.1) is 11.3 Å². The third kappa shape index (κ3) is 1.84. The molecule has 1 saturated heterocycles. The van der Waals surface area contributed by atoms with Gasteiger partial charge in [0.05, 0.1) is 4.88 Å². The minimum Gasteiger partial charge on any atom is -0.372 e. The molecule has 1 aromatic rings. The maximum atomic E-state index is 11.6. The molecule has 5 heteroatoms. The van der Waals surface area contributed by atoms with Crippen LogP contribution in [0.4, 0.5) is 0 Å². The molecule has 0 radical (unpaired) electrons. The second-order valence-electron chi connectivity index (χ2n) is 8.46. The molecule has 2 N–H and O–H groups in total. The van der Waals surface area contributed by atoms with E-state index in [1.807, 2.05) is 13.2 Å². The molecule has 24 heavy (non-hydrogen) atoms. The van der Waals surface area contributed by atoms with Crippen molar-refractivity contribution in [3.8, 4) is 0 Å². The summed E-state index contributed by atoms with van der Waals surface area (Å²) in [7, 11) is 1.87. The van der Waals surface area contributed by atoms with Gasteiger partial charge in [-0.1, -0.05) is 6.42 Å². The van der Waals surface area contributed by atoms with E-state index >= 15 is 0 Å². The molecule has 0 unspecified atom stereocenters. The van der Waals surface area contributed by atoms with E-state index in [0.29, 0.717) is 22.3 Å². The molecule has 4 aliphatic carbocycles. The van der Waals surface area contributed by atoms with Gasteiger partial charge in [-0.3, -0.25) is 9.69 Å². The van der Waals surface area contributed by atoms with Gasteiger partial charge in [0.25, 0.3) is 5.91 Å². The number of nitrogens with zero attached hydrogens (tertiary/aromatic N) is 1. The van der Waals surface area contributed by atoms with Gasteiger partial charge >= 0.3 is 0 Å². The molecule has 3 atom stereocenters. The summed E-state index contributed by atoms with van der Waals surface area (Å²) in [6.45, 7) is 2.31. The predicted octanol–water partition coefficient (Wildman–Crippen LogP) is 2.97. The number of amides is 1. The van der Waals surface area contributed by atoms with Gasteiger partial charge in [-0.25, -0.2) is 0 Å². The lowest BCUT2D eigenvalue weighted by molar-refractivity contribution is -0.225. The van der Waals surface area contributed by atoms with Crippen molar-refractivity contribution in [3.63, 3.8) is 0 Å². The van der Waals surface area contributed by atoms with E-state index in [2.05, 4.69) is 11.0 Å². The fraction of sp³-hybridized carbons (Fsp3) is 0.737. The van der Waals surface area contributed by atoms with Gasteiger partial charge in [0, 0.05) is 42.5 Å². The quantitative estimate of drug-likeness (QED) is 0.912. The van der Waals surface area contributed by atoms with E-state index in [0.717, 1.165) is 19.0 Å². The highest BCUT2D eigenvalue weighted by Crippen LogP contribution is 2.63.